The summed E-state index contributed by atoms with van der Waals surface area (Å²) in [6.07, 6.45) is 1.57. The first-order valence-corrected chi connectivity index (χ1v) is 9.61. The zero-order valence-corrected chi connectivity index (χ0v) is 17.0. The summed E-state index contributed by atoms with van der Waals surface area (Å²) in [6.45, 7) is 3.97. The lowest BCUT2D eigenvalue weighted by Crippen LogP contribution is -2.52. The van der Waals surface area contributed by atoms with Gasteiger partial charge in [0.25, 0.3) is 0 Å². The molecule has 154 valence electrons. The number of amides is 2. The van der Waals surface area contributed by atoms with Crippen molar-refractivity contribution >= 4 is 17.8 Å². The van der Waals surface area contributed by atoms with Gasteiger partial charge in [-0.1, -0.05) is 37.3 Å². The number of methoxy groups -OCH3 is 2. The fraction of sp³-hybridized carbons (Fsp3) is 0.571. The van der Waals surface area contributed by atoms with Crippen molar-refractivity contribution in [3.8, 4) is 0 Å². The predicted molar refractivity (Wildman–Crippen MR) is 104 cm³/mol. The average molecular weight is 390 g/mol. The number of carbonyl (C=O) groups is 3. The van der Waals surface area contributed by atoms with E-state index in [0.29, 0.717) is 13.0 Å². The first-order chi connectivity index (χ1) is 13.4. The van der Waals surface area contributed by atoms with Gasteiger partial charge < -0.3 is 19.7 Å². The number of nitrogens with zero attached hydrogens (tertiary/aromatic N) is 1. The van der Waals surface area contributed by atoms with Crippen molar-refractivity contribution in [1.82, 2.24) is 10.2 Å². The van der Waals surface area contributed by atoms with E-state index in [0.717, 1.165) is 18.4 Å². The summed E-state index contributed by atoms with van der Waals surface area (Å²) < 4.78 is 10.5. The van der Waals surface area contributed by atoms with Gasteiger partial charge >= 0.3 is 5.97 Å². The molecule has 1 aromatic carbocycles. The van der Waals surface area contributed by atoms with Crippen LogP contribution in [-0.2, 0) is 30.3 Å². The maximum atomic E-state index is 12.9. The van der Waals surface area contributed by atoms with Crippen LogP contribution in [0, 0.1) is 5.92 Å². The van der Waals surface area contributed by atoms with Gasteiger partial charge in [0.15, 0.2) is 0 Å². The second kappa shape index (κ2) is 10.2. The van der Waals surface area contributed by atoms with Gasteiger partial charge in [-0.3, -0.25) is 9.59 Å². The molecule has 1 saturated heterocycles. The number of rotatable bonds is 8. The molecular formula is C21H30N2O5. The molecule has 28 heavy (non-hydrogen) atoms. The van der Waals surface area contributed by atoms with Crippen LogP contribution in [0.15, 0.2) is 30.3 Å². The summed E-state index contributed by atoms with van der Waals surface area (Å²) in [4.78, 5) is 38.7. The summed E-state index contributed by atoms with van der Waals surface area (Å²) in [6, 6.07) is 8.51. The van der Waals surface area contributed by atoms with Crippen LogP contribution in [-0.4, -0.2) is 61.6 Å². The second-order valence-electron chi connectivity index (χ2n) is 7.19. The van der Waals surface area contributed by atoms with Crippen LogP contribution in [0.3, 0.4) is 0 Å². The maximum absolute atomic E-state index is 12.9. The molecular weight excluding hydrogens is 360 g/mol. The zero-order valence-electron chi connectivity index (χ0n) is 17.0. The number of hydrogen-bond acceptors (Lipinski definition) is 5. The Labute approximate surface area is 166 Å². The minimum absolute atomic E-state index is 0.0197. The maximum Gasteiger partial charge on any atom is 0.328 e. The largest absolute Gasteiger partial charge is 0.467 e. The molecule has 1 aromatic rings. The van der Waals surface area contributed by atoms with E-state index >= 15 is 0 Å². The summed E-state index contributed by atoms with van der Waals surface area (Å²) in [5.74, 6) is -1.34. The molecule has 1 fully saturated rings. The molecule has 0 bridgehead atoms. The highest BCUT2D eigenvalue weighted by molar-refractivity contribution is 5.86. The fourth-order valence-corrected chi connectivity index (χ4v) is 3.86. The van der Waals surface area contributed by atoms with Crippen LogP contribution in [0.2, 0.25) is 0 Å². The Morgan fingerprint density at radius 2 is 1.89 bits per heavy atom. The number of hydrogen-bond donors (Lipinski definition) is 1. The Kier molecular flexibility index (Phi) is 7.99. The van der Waals surface area contributed by atoms with Crippen molar-refractivity contribution in [1.29, 1.82) is 0 Å². The van der Waals surface area contributed by atoms with E-state index in [9.17, 15) is 14.4 Å². The van der Waals surface area contributed by atoms with Crippen molar-refractivity contribution < 1.29 is 23.9 Å². The number of benzene rings is 1. The third kappa shape index (κ3) is 5.32. The van der Waals surface area contributed by atoms with E-state index in [-0.39, 0.29) is 17.9 Å². The van der Waals surface area contributed by atoms with Crippen LogP contribution >= 0.6 is 0 Å². The molecule has 0 saturated carbocycles. The molecule has 1 aliphatic heterocycles. The number of ether oxygens (including phenoxy) is 2. The molecule has 7 heteroatoms. The van der Waals surface area contributed by atoms with E-state index in [1.807, 2.05) is 30.3 Å². The molecule has 0 radical (unpaired) electrons. The Hall–Kier alpha value is -2.41. The van der Waals surface area contributed by atoms with Gasteiger partial charge in [-0.2, -0.15) is 0 Å². The summed E-state index contributed by atoms with van der Waals surface area (Å²) in [5.41, 5.74) is 0.924. The topological polar surface area (TPSA) is 84.9 Å². The Balaban J connectivity index is 2.10. The highest BCUT2D eigenvalue weighted by atomic mass is 16.5. The van der Waals surface area contributed by atoms with Crippen LogP contribution in [0.4, 0.5) is 0 Å². The van der Waals surface area contributed by atoms with Gasteiger partial charge in [0.1, 0.15) is 6.04 Å². The SMILES string of the molecule is COC(=O)[C@H](Cc1ccccc1)NC(=O)[C@H](C)[C@@H](OC)[C@@H]1CCCN1C(C)=O. The molecule has 7 nitrogen and oxygen atoms in total. The lowest BCUT2D eigenvalue weighted by atomic mass is 9.94. The molecule has 0 aromatic heterocycles. The van der Waals surface area contributed by atoms with E-state index in [4.69, 9.17) is 9.47 Å². The second-order valence-corrected chi connectivity index (χ2v) is 7.19. The molecule has 4 atom stereocenters. The lowest BCUT2D eigenvalue weighted by Gasteiger charge is -2.33. The van der Waals surface area contributed by atoms with Crippen LogP contribution < -0.4 is 5.32 Å². The molecule has 1 heterocycles. The number of esters is 1. The van der Waals surface area contributed by atoms with Gasteiger partial charge in [0.2, 0.25) is 11.8 Å². The third-order valence-electron chi connectivity index (χ3n) is 5.35. The van der Waals surface area contributed by atoms with Crippen molar-refractivity contribution in [3.05, 3.63) is 35.9 Å². The van der Waals surface area contributed by atoms with Crippen molar-refractivity contribution in [3.63, 3.8) is 0 Å². The molecule has 0 aliphatic carbocycles. The quantitative estimate of drug-likeness (QED) is 0.681. The first-order valence-electron chi connectivity index (χ1n) is 9.61. The molecule has 2 amide bonds. The van der Waals surface area contributed by atoms with Crippen LogP contribution in [0.1, 0.15) is 32.3 Å². The molecule has 2 rings (SSSR count). The zero-order chi connectivity index (χ0) is 20.7. The molecule has 0 spiro atoms. The van der Waals surface area contributed by atoms with Gasteiger partial charge in [-0.05, 0) is 18.4 Å². The molecule has 1 N–H and O–H groups in total. The highest BCUT2D eigenvalue weighted by Gasteiger charge is 2.39. The monoisotopic (exact) mass is 390 g/mol. The van der Waals surface area contributed by atoms with Gasteiger partial charge in [-0.15, -0.1) is 0 Å². The minimum atomic E-state index is -0.785. The van der Waals surface area contributed by atoms with Crippen molar-refractivity contribution in [2.75, 3.05) is 20.8 Å². The number of carbonyl (C=O) groups excluding carboxylic acids is 3. The summed E-state index contributed by atoms with van der Waals surface area (Å²) >= 11 is 0. The van der Waals surface area contributed by atoms with Crippen molar-refractivity contribution in [2.45, 2.75) is 51.3 Å². The smallest absolute Gasteiger partial charge is 0.328 e. The molecule has 1 aliphatic rings. The lowest BCUT2D eigenvalue weighted by molar-refractivity contribution is -0.146. The van der Waals surface area contributed by atoms with Gasteiger partial charge in [0, 0.05) is 27.0 Å². The summed E-state index contributed by atoms with van der Waals surface area (Å²) in [5, 5.41) is 2.80. The van der Waals surface area contributed by atoms with E-state index in [1.165, 1.54) is 14.0 Å². The Bertz CT molecular complexity index is 679. The highest BCUT2D eigenvalue weighted by Crippen LogP contribution is 2.26. The normalized spacial score (nSPS) is 19.6. The van der Waals surface area contributed by atoms with Crippen LogP contribution in [0.5, 0.6) is 0 Å². The Morgan fingerprint density at radius 1 is 1.21 bits per heavy atom. The average Bonchev–Trinajstić information content (AvgIpc) is 3.18. The summed E-state index contributed by atoms with van der Waals surface area (Å²) in [7, 11) is 2.85. The van der Waals surface area contributed by atoms with Gasteiger partial charge in [0.05, 0.1) is 25.2 Å². The van der Waals surface area contributed by atoms with Crippen molar-refractivity contribution in [2.24, 2.45) is 5.92 Å². The predicted octanol–water partition coefficient (Wildman–Crippen LogP) is 1.55. The van der Waals surface area contributed by atoms with E-state index in [2.05, 4.69) is 5.32 Å². The molecule has 0 unspecified atom stereocenters. The standard InChI is InChI=1S/C21H30N2O5/c1-14(19(27-3)18-11-8-12-23(18)15(2)24)20(25)22-17(21(26)28-4)13-16-9-6-5-7-10-16/h5-7,9-10,14,17-19H,8,11-13H2,1-4H3,(H,22,25)/t14-,17+,18+,19-/m1/s1. The van der Waals surface area contributed by atoms with E-state index < -0.39 is 24.0 Å². The Morgan fingerprint density at radius 3 is 2.46 bits per heavy atom. The first kappa shape index (κ1) is 21.9. The third-order valence-corrected chi connectivity index (χ3v) is 5.35. The van der Waals surface area contributed by atoms with Gasteiger partial charge in [-0.25, -0.2) is 4.79 Å². The van der Waals surface area contributed by atoms with E-state index in [1.54, 1.807) is 18.9 Å². The fourth-order valence-electron chi connectivity index (χ4n) is 3.86. The number of likely N-dealkylation sites (tertiary alicyclic amines) is 1. The number of nitrogens with one attached hydrogen (secondary N) is 1. The van der Waals surface area contributed by atoms with Crippen LogP contribution in [0.25, 0.3) is 0 Å². The minimum Gasteiger partial charge on any atom is -0.467 e.